The molecule has 0 radical (unpaired) electrons. The number of carbonyl (C=O) groups excluding carboxylic acids is 2. The number of benzene rings is 3. The molecule has 200 valence electrons. The summed E-state index contributed by atoms with van der Waals surface area (Å²) in [5.41, 5.74) is -8.66. The first-order valence-electron chi connectivity index (χ1n) is 10.0. The van der Waals surface area contributed by atoms with E-state index in [4.69, 9.17) is 23.2 Å². The zero-order valence-electron chi connectivity index (χ0n) is 18.4. The van der Waals surface area contributed by atoms with Crippen molar-refractivity contribution >= 4 is 46.5 Å². The maximum absolute atomic E-state index is 14.0. The van der Waals surface area contributed by atoms with Crippen LogP contribution in [0, 0.1) is 10.1 Å². The molecule has 0 spiro atoms. The number of esters is 1. The highest BCUT2D eigenvalue weighted by atomic mass is 35.5. The van der Waals surface area contributed by atoms with Crippen LogP contribution in [-0.4, -0.2) is 29.2 Å². The molecule has 3 aromatic rings. The van der Waals surface area contributed by atoms with Crippen molar-refractivity contribution in [3.8, 4) is 0 Å². The van der Waals surface area contributed by atoms with E-state index in [0.29, 0.717) is 18.2 Å². The van der Waals surface area contributed by atoms with E-state index in [1.165, 1.54) is 18.2 Å². The smallest absolute Gasteiger partial charge is 0.431 e. The Morgan fingerprint density at radius 3 is 2.00 bits per heavy atom. The number of halogens is 8. The van der Waals surface area contributed by atoms with Gasteiger partial charge in [0, 0.05) is 28.4 Å². The minimum Gasteiger partial charge on any atom is -0.431 e. The largest absolute Gasteiger partial charge is 0.442 e. The van der Waals surface area contributed by atoms with Crippen molar-refractivity contribution in [3.05, 3.63) is 104 Å². The molecule has 0 unspecified atom stereocenters. The fourth-order valence-corrected chi connectivity index (χ4v) is 3.76. The second kappa shape index (κ2) is 10.5. The number of non-ortho nitro benzene ring substituents is 1. The molecule has 1 N–H and O–H groups in total. The number of hydrogen-bond acceptors (Lipinski definition) is 5. The number of nitro benzene ring substituents is 1. The summed E-state index contributed by atoms with van der Waals surface area (Å²) in [6, 6.07) is 9.01. The zero-order valence-corrected chi connectivity index (χ0v) is 19.9. The number of carbonyl (C=O) groups is 2. The van der Waals surface area contributed by atoms with Gasteiger partial charge in [0.05, 0.1) is 21.1 Å². The number of anilines is 1. The van der Waals surface area contributed by atoms with Crippen molar-refractivity contribution in [2.24, 2.45) is 0 Å². The van der Waals surface area contributed by atoms with Gasteiger partial charge in [-0.25, -0.2) is 4.79 Å². The molecule has 0 saturated heterocycles. The molecule has 7 nitrogen and oxygen atoms in total. The van der Waals surface area contributed by atoms with Crippen molar-refractivity contribution in [2.45, 2.75) is 18.0 Å². The van der Waals surface area contributed by atoms with Crippen LogP contribution in [0.2, 0.25) is 10.0 Å². The van der Waals surface area contributed by atoms with Gasteiger partial charge in [-0.2, -0.15) is 26.3 Å². The fourth-order valence-electron chi connectivity index (χ4n) is 3.27. The van der Waals surface area contributed by atoms with Gasteiger partial charge >= 0.3 is 23.9 Å². The first-order chi connectivity index (χ1) is 17.6. The van der Waals surface area contributed by atoms with E-state index in [2.05, 4.69) is 10.1 Å². The highest BCUT2D eigenvalue weighted by Crippen LogP contribution is 2.53. The third kappa shape index (κ3) is 5.68. The third-order valence-corrected chi connectivity index (χ3v) is 5.61. The number of ether oxygens (including phenoxy) is 1. The van der Waals surface area contributed by atoms with Gasteiger partial charge in [-0.3, -0.25) is 14.9 Å². The Kier molecular flexibility index (Phi) is 7.94. The normalized spacial score (nSPS) is 12.1. The topological polar surface area (TPSA) is 98.5 Å². The van der Waals surface area contributed by atoms with Crippen molar-refractivity contribution in [1.82, 2.24) is 0 Å². The van der Waals surface area contributed by atoms with Crippen molar-refractivity contribution in [1.29, 1.82) is 0 Å². The van der Waals surface area contributed by atoms with Crippen LogP contribution in [0.1, 0.15) is 26.3 Å². The van der Waals surface area contributed by atoms with Gasteiger partial charge in [-0.15, -0.1) is 0 Å². The second-order valence-electron chi connectivity index (χ2n) is 7.53. The van der Waals surface area contributed by atoms with E-state index in [0.717, 1.165) is 30.3 Å². The number of hydrogen-bond donors (Lipinski definition) is 1. The van der Waals surface area contributed by atoms with Gasteiger partial charge in [0.1, 0.15) is 0 Å². The Morgan fingerprint density at radius 1 is 0.868 bits per heavy atom. The minimum atomic E-state index is -6.22. The van der Waals surface area contributed by atoms with Gasteiger partial charge < -0.3 is 10.1 Å². The van der Waals surface area contributed by atoms with Crippen LogP contribution < -0.4 is 5.32 Å². The highest BCUT2D eigenvalue weighted by Gasteiger charge is 2.75. The molecule has 0 aliphatic carbocycles. The number of nitrogens with one attached hydrogen (secondary N) is 1. The van der Waals surface area contributed by atoms with E-state index in [1.807, 2.05) is 0 Å². The molecule has 0 saturated carbocycles. The molecule has 0 atom stereocenters. The molecule has 0 aliphatic rings. The monoisotopic (exact) mass is 580 g/mol. The minimum absolute atomic E-state index is 0.0622. The first kappa shape index (κ1) is 28.7. The lowest BCUT2D eigenvalue weighted by atomic mass is 9.91. The molecule has 3 aromatic carbocycles. The summed E-state index contributed by atoms with van der Waals surface area (Å²) < 4.78 is 88.4. The summed E-state index contributed by atoms with van der Waals surface area (Å²) in [5, 5.41) is 13.3. The van der Waals surface area contributed by atoms with Gasteiger partial charge in [0.25, 0.3) is 11.6 Å². The molecular weight excluding hydrogens is 569 g/mol. The van der Waals surface area contributed by atoms with Crippen LogP contribution in [0.15, 0.2) is 66.7 Å². The molecule has 0 aliphatic heterocycles. The molecule has 0 aromatic heterocycles. The van der Waals surface area contributed by atoms with E-state index in [9.17, 15) is 46.0 Å². The average molecular weight is 581 g/mol. The van der Waals surface area contributed by atoms with E-state index in [1.54, 1.807) is 0 Å². The van der Waals surface area contributed by atoms with E-state index >= 15 is 0 Å². The molecule has 3 rings (SSSR count). The van der Waals surface area contributed by atoms with Crippen LogP contribution in [0.3, 0.4) is 0 Å². The number of rotatable bonds is 6. The Balaban J connectivity index is 2.00. The van der Waals surface area contributed by atoms with Gasteiger partial charge in [0.15, 0.2) is 0 Å². The number of alkyl halides is 6. The van der Waals surface area contributed by atoms with Gasteiger partial charge in [-0.05, 0) is 36.4 Å². The Bertz CT molecular complexity index is 1380. The van der Waals surface area contributed by atoms with Crippen LogP contribution in [0.5, 0.6) is 0 Å². The van der Waals surface area contributed by atoms with Crippen molar-refractivity contribution < 1.29 is 45.6 Å². The lowest BCUT2D eigenvalue weighted by Crippen LogP contribution is -2.56. The predicted octanol–water partition coefficient (Wildman–Crippen LogP) is 7.33. The quantitative estimate of drug-likeness (QED) is 0.142. The molecule has 1 amide bonds. The lowest BCUT2D eigenvalue weighted by molar-refractivity contribution is -0.384. The molecular formula is C23H12Cl2F6N2O5. The highest BCUT2D eigenvalue weighted by molar-refractivity contribution is 6.37. The molecule has 0 heterocycles. The van der Waals surface area contributed by atoms with Crippen LogP contribution in [0.4, 0.5) is 37.7 Å². The Labute approximate surface area is 219 Å². The maximum atomic E-state index is 14.0. The third-order valence-electron chi connectivity index (χ3n) is 5.06. The lowest BCUT2D eigenvalue weighted by Gasteiger charge is -2.36. The molecule has 0 bridgehead atoms. The number of amides is 1. The molecule has 38 heavy (non-hydrogen) atoms. The van der Waals surface area contributed by atoms with Crippen LogP contribution in [0.25, 0.3) is 0 Å². The summed E-state index contributed by atoms with van der Waals surface area (Å²) in [5.74, 6) is -2.95. The molecule has 0 fully saturated rings. The van der Waals surface area contributed by atoms with Crippen LogP contribution in [-0.2, 0) is 10.3 Å². The summed E-state index contributed by atoms with van der Waals surface area (Å²) in [4.78, 5) is 34.7. The maximum Gasteiger partial charge on any atom is 0.442 e. The van der Waals surface area contributed by atoms with Gasteiger partial charge in [-0.1, -0.05) is 41.4 Å². The van der Waals surface area contributed by atoms with Crippen molar-refractivity contribution in [3.63, 3.8) is 0 Å². The van der Waals surface area contributed by atoms with E-state index in [-0.39, 0.29) is 21.3 Å². The summed E-state index contributed by atoms with van der Waals surface area (Å²) in [7, 11) is 0. The average Bonchev–Trinajstić information content (AvgIpc) is 2.81. The second-order valence-corrected chi connectivity index (χ2v) is 8.37. The van der Waals surface area contributed by atoms with Crippen molar-refractivity contribution in [2.75, 3.05) is 5.32 Å². The standard InChI is InChI=1S/C23H12Cl2F6N2O5/c24-14-6-9-17(18(25)11-14)19(34)32-15-7-4-13(5-8-15)21(22(26,27)28,23(29,30)31)38-20(35)12-2-1-3-16(10-12)33(36)37/h1-11H,(H,32,34). The first-order valence-corrected chi connectivity index (χ1v) is 10.8. The molecule has 15 heteroatoms. The van der Waals surface area contributed by atoms with Crippen LogP contribution >= 0.6 is 23.2 Å². The Morgan fingerprint density at radius 2 is 1.47 bits per heavy atom. The number of nitro groups is 1. The summed E-state index contributed by atoms with van der Waals surface area (Å²) >= 11 is 11.7. The van der Waals surface area contributed by atoms with E-state index < -0.39 is 51.6 Å². The fraction of sp³-hybridized carbons (Fsp3) is 0.130. The van der Waals surface area contributed by atoms with Gasteiger partial charge in [0.2, 0.25) is 0 Å². The Hall–Kier alpha value is -3.84. The SMILES string of the molecule is O=C(OC(c1ccc(NC(=O)c2ccc(Cl)cc2Cl)cc1)(C(F)(F)F)C(F)(F)F)c1cccc([N+](=O)[O-])c1. The predicted molar refractivity (Wildman–Crippen MR) is 123 cm³/mol. The summed E-state index contributed by atoms with van der Waals surface area (Å²) in [6.45, 7) is 0. The zero-order chi connectivity index (χ0) is 28.5. The summed E-state index contributed by atoms with van der Waals surface area (Å²) in [6.07, 6.45) is -12.4. The number of nitrogens with zero attached hydrogens (tertiary/aromatic N) is 1.